The summed E-state index contributed by atoms with van der Waals surface area (Å²) < 4.78 is 5.26. The molecule has 1 N–H and O–H groups in total. The molecule has 0 radical (unpaired) electrons. The maximum absolute atomic E-state index is 6.81. The topological polar surface area (TPSA) is 51.4 Å². The van der Waals surface area contributed by atoms with E-state index in [1.807, 2.05) is 0 Å². The number of hydrogen-bond donors (Lipinski definition) is 1. The third-order valence-corrected chi connectivity index (χ3v) is 2.65. The normalized spacial score (nSPS) is 16.8. The first kappa shape index (κ1) is 11.1. The van der Waals surface area contributed by atoms with E-state index in [4.69, 9.17) is 22.9 Å². The van der Waals surface area contributed by atoms with Crippen LogP contribution in [0.1, 0.15) is 12.8 Å². The molecule has 1 saturated heterocycles. The molecule has 1 aromatic heterocycles. The predicted octanol–water partition coefficient (Wildman–Crippen LogP) is 2.27. The Morgan fingerprint density at radius 1 is 1.50 bits per heavy atom. The van der Waals surface area contributed by atoms with E-state index in [0.717, 1.165) is 26.1 Å². The Bertz CT molecular complexity index is 412. The van der Waals surface area contributed by atoms with E-state index in [2.05, 4.69) is 20.1 Å². The fourth-order valence-electron chi connectivity index (χ4n) is 1.56. The van der Waals surface area contributed by atoms with Crippen molar-refractivity contribution in [3.63, 3.8) is 0 Å². The zero-order valence-electron chi connectivity index (χ0n) is 8.61. The molecule has 5 nitrogen and oxygen atoms in total. The Balaban J connectivity index is 2.04. The molecule has 0 bridgehead atoms. The lowest BCUT2D eigenvalue weighted by atomic mass is 10.1. The molecule has 16 heavy (non-hydrogen) atoms. The highest BCUT2D eigenvalue weighted by molar-refractivity contribution is 6.31. The monoisotopic (exact) mass is 238 g/mol. The van der Waals surface area contributed by atoms with Gasteiger partial charge < -0.3 is 14.9 Å². The van der Waals surface area contributed by atoms with E-state index >= 15 is 0 Å². The summed E-state index contributed by atoms with van der Waals surface area (Å²) in [6.45, 7) is 8.33. The molecule has 1 aliphatic heterocycles. The van der Waals surface area contributed by atoms with Gasteiger partial charge in [0, 0.05) is 19.3 Å². The van der Waals surface area contributed by atoms with Crippen LogP contribution in [-0.4, -0.2) is 29.2 Å². The largest absolute Gasteiger partial charge is 0.381 e. The van der Waals surface area contributed by atoms with Gasteiger partial charge in [-0.05, 0) is 12.8 Å². The molecule has 2 rings (SSSR count). The quantitative estimate of drug-likeness (QED) is 0.803. The predicted molar refractivity (Wildman–Crippen MR) is 60.8 cm³/mol. The van der Waals surface area contributed by atoms with Gasteiger partial charge in [0.2, 0.25) is 0 Å². The summed E-state index contributed by atoms with van der Waals surface area (Å²) in [6, 6.07) is 0.345. The third kappa shape index (κ3) is 2.60. The third-order valence-electron chi connectivity index (χ3n) is 2.39. The molecule has 2 heterocycles. The van der Waals surface area contributed by atoms with Gasteiger partial charge >= 0.3 is 5.82 Å². The lowest BCUT2D eigenvalue weighted by Crippen LogP contribution is -2.28. The molecule has 0 unspecified atom stereocenters. The zero-order valence-corrected chi connectivity index (χ0v) is 9.37. The SMILES string of the molecule is [C-]#[N+]c1ncc(NC2CCOCC2)nc1Cl. The summed E-state index contributed by atoms with van der Waals surface area (Å²) >= 11 is 5.80. The molecule has 0 aliphatic carbocycles. The molecule has 1 aromatic rings. The number of aromatic nitrogens is 2. The van der Waals surface area contributed by atoms with Crippen LogP contribution in [0.3, 0.4) is 0 Å². The van der Waals surface area contributed by atoms with E-state index in [1.165, 1.54) is 6.20 Å². The minimum atomic E-state index is 0.138. The Labute approximate surface area is 98.6 Å². The van der Waals surface area contributed by atoms with Crippen LogP contribution in [0.15, 0.2) is 6.20 Å². The molecular weight excluding hydrogens is 228 g/mol. The van der Waals surface area contributed by atoms with E-state index < -0.39 is 0 Å². The number of nitrogens with zero attached hydrogens (tertiary/aromatic N) is 3. The summed E-state index contributed by atoms with van der Waals surface area (Å²) in [5, 5.41) is 3.38. The van der Waals surface area contributed by atoms with Crippen molar-refractivity contribution < 1.29 is 4.74 Å². The van der Waals surface area contributed by atoms with Crippen molar-refractivity contribution in [2.75, 3.05) is 18.5 Å². The molecule has 0 saturated carbocycles. The molecular formula is C10H11ClN4O. The number of ether oxygens (including phenoxy) is 1. The van der Waals surface area contributed by atoms with E-state index in [-0.39, 0.29) is 11.0 Å². The van der Waals surface area contributed by atoms with Gasteiger partial charge in [-0.1, -0.05) is 18.2 Å². The second kappa shape index (κ2) is 5.10. The van der Waals surface area contributed by atoms with Crippen molar-refractivity contribution in [3.8, 4) is 0 Å². The minimum absolute atomic E-state index is 0.138. The van der Waals surface area contributed by atoms with Crippen LogP contribution in [0.4, 0.5) is 11.6 Å². The van der Waals surface area contributed by atoms with Gasteiger partial charge in [-0.25, -0.2) is 4.98 Å². The Hall–Kier alpha value is -1.38. The van der Waals surface area contributed by atoms with Crippen LogP contribution < -0.4 is 5.32 Å². The molecule has 0 amide bonds. The van der Waals surface area contributed by atoms with Gasteiger partial charge in [-0.3, -0.25) is 0 Å². The maximum Gasteiger partial charge on any atom is 0.307 e. The van der Waals surface area contributed by atoms with Crippen LogP contribution in [0.25, 0.3) is 4.85 Å². The lowest BCUT2D eigenvalue weighted by molar-refractivity contribution is 0.0904. The molecule has 0 aromatic carbocycles. The molecule has 6 heteroatoms. The van der Waals surface area contributed by atoms with Gasteiger partial charge in [0.05, 0.1) is 0 Å². The summed E-state index contributed by atoms with van der Waals surface area (Å²) in [4.78, 5) is 11.1. The molecule has 0 atom stereocenters. The molecule has 1 fully saturated rings. The van der Waals surface area contributed by atoms with Gasteiger partial charge in [-0.2, -0.15) is 0 Å². The lowest BCUT2D eigenvalue weighted by Gasteiger charge is -2.23. The highest BCUT2D eigenvalue weighted by Crippen LogP contribution is 2.22. The molecule has 0 spiro atoms. The summed E-state index contributed by atoms with van der Waals surface area (Å²) in [7, 11) is 0. The minimum Gasteiger partial charge on any atom is -0.381 e. The van der Waals surface area contributed by atoms with Crippen LogP contribution in [0.2, 0.25) is 5.15 Å². The first-order chi connectivity index (χ1) is 7.79. The van der Waals surface area contributed by atoms with E-state index in [9.17, 15) is 0 Å². The fraction of sp³-hybridized carbons (Fsp3) is 0.500. The Kier molecular flexibility index (Phi) is 3.54. The number of nitrogens with one attached hydrogen (secondary N) is 1. The molecule has 84 valence electrons. The summed E-state index contributed by atoms with van der Waals surface area (Å²) in [5.41, 5.74) is 0. The van der Waals surface area contributed by atoms with Crippen molar-refractivity contribution in [2.24, 2.45) is 0 Å². The number of anilines is 1. The highest BCUT2D eigenvalue weighted by atomic mass is 35.5. The second-order valence-electron chi connectivity index (χ2n) is 3.51. The van der Waals surface area contributed by atoms with Crippen molar-refractivity contribution in [1.29, 1.82) is 0 Å². The first-order valence-electron chi connectivity index (χ1n) is 5.04. The second-order valence-corrected chi connectivity index (χ2v) is 3.87. The first-order valence-corrected chi connectivity index (χ1v) is 5.41. The average molecular weight is 239 g/mol. The van der Waals surface area contributed by atoms with E-state index in [0.29, 0.717) is 11.9 Å². The maximum atomic E-state index is 6.81. The zero-order chi connectivity index (χ0) is 11.4. The Morgan fingerprint density at radius 2 is 2.25 bits per heavy atom. The molecule has 1 aliphatic rings. The van der Waals surface area contributed by atoms with Crippen molar-refractivity contribution >= 4 is 23.2 Å². The average Bonchev–Trinajstić information content (AvgIpc) is 2.31. The number of hydrogen-bond acceptors (Lipinski definition) is 4. The van der Waals surface area contributed by atoms with Gasteiger partial charge in [-0.15, -0.1) is 4.98 Å². The van der Waals surface area contributed by atoms with Crippen LogP contribution >= 0.6 is 11.6 Å². The number of halogens is 1. The van der Waals surface area contributed by atoms with Gasteiger partial charge in [0.1, 0.15) is 0 Å². The van der Waals surface area contributed by atoms with Crippen molar-refractivity contribution in [2.45, 2.75) is 18.9 Å². The summed E-state index contributed by atoms with van der Waals surface area (Å²) in [5.74, 6) is 0.753. The van der Waals surface area contributed by atoms with Gasteiger partial charge in [0.15, 0.2) is 17.2 Å². The Morgan fingerprint density at radius 3 is 2.88 bits per heavy atom. The standard InChI is InChI=1S/C10H11ClN4O/c1-12-10-9(11)15-8(6-13-10)14-7-2-4-16-5-3-7/h6-7H,2-5H2,(H,14,15). The van der Waals surface area contributed by atoms with Crippen LogP contribution in [0.5, 0.6) is 0 Å². The van der Waals surface area contributed by atoms with E-state index in [1.54, 1.807) is 0 Å². The smallest absolute Gasteiger partial charge is 0.307 e. The van der Waals surface area contributed by atoms with Crippen molar-refractivity contribution in [3.05, 3.63) is 22.8 Å². The highest BCUT2D eigenvalue weighted by Gasteiger charge is 2.15. The summed E-state index contributed by atoms with van der Waals surface area (Å²) in [6.07, 6.45) is 3.43. The fourth-order valence-corrected chi connectivity index (χ4v) is 1.74. The number of rotatable bonds is 2. The van der Waals surface area contributed by atoms with Gasteiger partial charge in [0.25, 0.3) is 0 Å². The van der Waals surface area contributed by atoms with Crippen LogP contribution in [0, 0.1) is 6.57 Å². The van der Waals surface area contributed by atoms with Crippen LogP contribution in [-0.2, 0) is 4.74 Å². The van der Waals surface area contributed by atoms with Crippen molar-refractivity contribution in [1.82, 2.24) is 9.97 Å².